The van der Waals surface area contributed by atoms with Gasteiger partial charge in [0.15, 0.2) is 0 Å². The van der Waals surface area contributed by atoms with Crippen LogP contribution in [0.3, 0.4) is 0 Å². The molecule has 4 heteroatoms. The second kappa shape index (κ2) is 2.33. The standard InChI is InChI=1S/C8H11N3O/c9-7(12)8(3-1-4-8)11-6-2-5-10-11/h2,5-6H,1,3-4H2,(H2,9,12). The lowest BCUT2D eigenvalue weighted by Crippen LogP contribution is -2.51. The van der Waals surface area contributed by atoms with Crippen LogP contribution in [0.25, 0.3) is 0 Å². The highest BCUT2D eigenvalue weighted by atomic mass is 16.1. The SMILES string of the molecule is NC(=O)C1(n2cccn2)CCC1. The summed E-state index contributed by atoms with van der Waals surface area (Å²) >= 11 is 0. The van der Waals surface area contributed by atoms with Gasteiger partial charge in [-0.3, -0.25) is 9.48 Å². The number of primary amides is 1. The third kappa shape index (κ3) is 0.776. The van der Waals surface area contributed by atoms with E-state index in [1.807, 2.05) is 6.07 Å². The summed E-state index contributed by atoms with van der Waals surface area (Å²) in [4.78, 5) is 11.2. The number of hydrogen-bond acceptors (Lipinski definition) is 2. The molecule has 0 saturated heterocycles. The predicted octanol–water partition coefficient (Wildman–Crippen LogP) is 0.248. The van der Waals surface area contributed by atoms with Gasteiger partial charge in [-0.25, -0.2) is 0 Å². The highest BCUT2D eigenvalue weighted by Gasteiger charge is 2.44. The fourth-order valence-electron chi connectivity index (χ4n) is 1.62. The summed E-state index contributed by atoms with van der Waals surface area (Å²) in [6, 6.07) is 1.81. The third-order valence-corrected chi connectivity index (χ3v) is 2.58. The summed E-state index contributed by atoms with van der Waals surface area (Å²) in [5, 5.41) is 4.05. The molecule has 0 aliphatic heterocycles. The first-order valence-electron chi connectivity index (χ1n) is 4.06. The normalized spacial score (nSPS) is 20.0. The first-order valence-corrected chi connectivity index (χ1v) is 4.06. The van der Waals surface area contributed by atoms with Gasteiger partial charge in [0.25, 0.3) is 0 Å². The van der Waals surface area contributed by atoms with Gasteiger partial charge in [0.2, 0.25) is 5.91 Å². The van der Waals surface area contributed by atoms with Crippen LogP contribution in [-0.4, -0.2) is 15.7 Å². The summed E-state index contributed by atoms with van der Waals surface area (Å²) in [6.45, 7) is 0. The molecule has 1 saturated carbocycles. The smallest absolute Gasteiger partial charge is 0.245 e. The number of carbonyl (C=O) groups excluding carboxylic acids is 1. The average molecular weight is 165 g/mol. The van der Waals surface area contributed by atoms with Crippen molar-refractivity contribution in [3.63, 3.8) is 0 Å². The van der Waals surface area contributed by atoms with Crippen LogP contribution in [0.1, 0.15) is 19.3 Å². The summed E-state index contributed by atoms with van der Waals surface area (Å²) in [5.74, 6) is -0.266. The molecule has 1 heterocycles. The molecule has 0 spiro atoms. The summed E-state index contributed by atoms with van der Waals surface area (Å²) in [5.41, 5.74) is 4.81. The molecule has 1 amide bonds. The van der Waals surface area contributed by atoms with Crippen molar-refractivity contribution < 1.29 is 4.79 Å². The number of nitrogens with two attached hydrogens (primary N) is 1. The Labute approximate surface area is 70.4 Å². The molecule has 0 aromatic carbocycles. The van der Waals surface area contributed by atoms with Crippen molar-refractivity contribution in [1.82, 2.24) is 9.78 Å². The Kier molecular flexibility index (Phi) is 1.43. The maximum Gasteiger partial charge on any atom is 0.245 e. The fraction of sp³-hybridized carbons (Fsp3) is 0.500. The zero-order valence-electron chi connectivity index (χ0n) is 6.73. The molecule has 1 fully saturated rings. The molecule has 2 rings (SSSR count). The quantitative estimate of drug-likeness (QED) is 0.682. The molecule has 2 N–H and O–H groups in total. The molecule has 0 radical (unpaired) electrons. The van der Waals surface area contributed by atoms with E-state index in [1.54, 1.807) is 17.1 Å². The van der Waals surface area contributed by atoms with Crippen LogP contribution >= 0.6 is 0 Å². The molecule has 64 valence electrons. The van der Waals surface area contributed by atoms with E-state index in [0.29, 0.717) is 0 Å². The van der Waals surface area contributed by atoms with Gasteiger partial charge in [-0.05, 0) is 25.3 Å². The largest absolute Gasteiger partial charge is 0.368 e. The first kappa shape index (κ1) is 7.34. The Morgan fingerprint density at radius 3 is 2.67 bits per heavy atom. The van der Waals surface area contributed by atoms with E-state index in [-0.39, 0.29) is 5.91 Å². The van der Waals surface area contributed by atoms with Crippen LogP contribution in [0.4, 0.5) is 0 Å². The molecule has 1 aliphatic carbocycles. The molecular formula is C8H11N3O. The zero-order valence-corrected chi connectivity index (χ0v) is 6.73. The monoisotopic (exact) mass is 165 g/mol. The van der Waals surface area contributed by atoms with Gasteiger partial charge in [0, 0.05) is 12.4 Å². The van der Waals surface area contributed by atoms with Crippen molar-refractivity contribution >= 4 is 5.91 Å². The van der Waals surface area contributed by atoms with Crippen LogP contribution in [0, 0.1) is 0 Å². The second-order valence-corrected chi connectivity index (χ2v) is 3.20. The maximum absolute atomic E-state index is 11.2. The van der Waals surface area contributed by atoms with Crippen molar-refractivity contribution in [3.8, 4) is 0 Å². The summed E-state index contributed by atoms with van der Waals surface area (Å²) in [6.07, 6.45) is 6.17. The van der Waals surface area contributed by atoms with Gasteiger partial charge in [-0.2, -0.15) is 5.10 Å². The number of hydrogen-bond donors (Lipinski definition) is 1. The van der Waals surface area contributed by atoms with Crippen LogP contribution < -0.4 is 5.73 Å². The van der Waals surface area contributed by atoms with Crippen molar-refractivity contribution in [2.75, 3.05) is 0 Å². The van der Waals surface area contributed by atoms with Crippen molar-refractivity contribution in [2.45, 2.75) is 24.8 Å². The van der Waals surface area contributed by atoms with Crippen molar-refractivity contribution in [1.29, 1.82) is 0 Å². The van der Waals surface area contributed by atoms with Crippen LogP contribution in [0.2, 0.25) is 0 Å². The van der Waals surface area contributed by atoms with Gasteiger partial charge in [-0.1, -0.05) is 0 Å². The number of rotatable bonds is 2. The molecule has 1 aromatic heterocycles. The van der Waals surface area contributed by atoms with Gasteiger partial charge in [0.1, 0.15) is 5.54 Å². The first-order chi connectivity index (χ1) is 5.76. The van der Waals surface area contributed by atoms with Crippen LogP contribution in [-0.2, 0) is 10.3 Å². The Hall–Kier alpha value is -1.32. The third-order valence-electron chi connectivity index (χ3n) is 2.58. The summed E-state index contributed by atoms with van der Waals surface area (Å²) in [7, 11) is 0. The van der Waals surface area contributed by atoms with Crippen LogP contribution in [0.5, 0.6) is 0 Å². The lowest BCUT2D eigenvalue weighted by atomic mass is 9.76. The van der Waals surface area contributed by atoms with E-state index >= 15 is 0 Å². The topological polar surface area (TPSA) is 60.9 Å². The highest BCUT2D eigenvalue weighted by molar-refractivity contribution is 5.83. The molecule has 12 heavy (non-hydrogen) atoms. The molecule has 0 unspecified atom stereocenters. The van der Waals surface area contributed by atoms with Gasteiger partial charge >= 0.3 is 0 Å². The molecule has 4 nitrogen and oxygen atoms in total. The van der Waals surface area contributed by atoms with Crippen LogP contribution in [0.15, 0.2) is 18.5 Å². The van der Waals surface area contributed by atoms with E-state index < -0.39 is 5.54 Å². The minimum atomic E-state index is -0.510. The Morgan fingerprint density at radius 2 is 2.33 bits per heavy atom. The second-order valence-electron chi connectivity index (χ2n) is 3.20. The zero-order chi connectivity index (χ0) is 8.60. The van der Waals surface area contributed by atoms with E-state index in [9.17, 15) is 4.79 Å². The van der Waals surface area contributed by atoms with Crippen molar-refractivity contribution in [3.05, 3.63) is 18.5 Å². The van der Waals surface area contributed by atoms with E-state index in [2.05, 4.69) is 5.10 Å². The highest BCUT2D eigenvalue weighted by Crippen LogP contribution is 2.38. The molecule has 0 bridgehead atoms. The number of nitrogens with zero attached hydrogens (tertiary/aromatic N) is 2. The Morgan fingerprint density at radius 1 is 1.58 bits per heavy atom. The van der Waals surface area contributed by atoms with Gasteiger partial charge in [0.05, 0.1) is 0 Å². The minimum absolute atomic E-state index is 0.266. The molecular weight excluding hydrogens is 154 g/mol. The van der Waals surface area contributed by atoms with E-state index in [1.165, 1.54) is 0 Å². The Bertz CT molecular complexity index is 287. The van der Waals surface area contributed by atoms with E-state index in [4.69, 9.17) is 5.73 Å². The summed E-state index contributed by atoms with van der Waals surface area (Å²) < 4.78 is 1.68. The lowest BCUT2D eigenvalue weighted by molar-refractivity contribution is -0.131. The number of aromatic nitrogens is 2. The van der Waals surface area contributed by atoms with Gasteiger partial charge < -0.3 is 5.73 Å². The maximum atomic E-state index is 11.2. The molecule has 1 aliphatic rings. The average Bonchev–Trinajstić information content (AvgIpc) is 2.35. The fourth-order valence-corrected chi connectivity index (χ4v) is 1.62. The Balaban J connectivity index is 2.35. The van der Waals surface area contributed by atoms with Gasteiger partial charge in [-0.15, -0.1) is 0 Å². The lowest BCUT2D eigenvalue weighted by Gasteiger charge is -2.38. The minimum Gasteiger partial charge on any atom is -0.368 e. The van der Waals surface area contributed by atoms with Crippen molar-refractivity contribution in [2.24, 2.45) is 5.73 Å². The number of amides is 1. The predicted molar refractivity (Wildman–Crippen MR) is 43.2 cm³/mol. The molecule has 1 aromatic rings. The number of carbonyl (C=O) groups is 1. The molecule has 0 atom stereocenters. The van der Waals surface area contributed by atoms with E-state index in [0.717, 1.165) is 19.3 Å².